The molecule has 2 unspecified atom stereocenters. The second kappa shape index (κ2) is 3.96. The Morgan fingerprint density at radius 3 is 2.86 bits per heavy atom. The van der Waals surface area contributed by atoms with E-state index in [4.69, 9.17) is 4.74 Å². The lowest BCUT2D eigenvalue weighted by Gasteiger charge is -2.25. The zero-order valence-electron chi connectivity index (χ0n) is 8.28. The first-order valence-corrected chi connectivity index (χ1v) is 4.57. The molecule has 0 aromatic heterocycles. The molecule has 5 heteroatoms. The van der Waals surface area contributed by atoms with Gasteiger partial charge in [0.25, 0.3) is 0 Å². The Labute approximate surface area is 82.0 Å². The highest BCUT2D eigenvalue weighted by atomic mass is 16.6. The summed E-state index contributed by atoms with van der Waals surface area (Å²) < 4.78 is 9.48. The van der Waals surface area contributed by atoms with E-state index in [1.165, 1.54) is 6.92 Å². The molecule has 0 aliphatic carbocycles. The van der Waals surface area contributed by atoms with Gasteiger partial charge in [0.15, 0.2) is 5.60 Å². The molecule has 1 aliphatic rings. The van der Waals surface area contributed by atoms with Gasteiger partial charge in [-0.3, -0.25) is 4.79 Å². The van der Waals surface area contributed by atoms with Crippen molar-refractivity contribution in [1.82, 2.24) is 0 Å². The number of hydrogen-bond donors (Lipinski definition) is 1. The fourth-order valence-electron chi connectivity index (χ4n) is 1.33. The highest BCUT2D eigenvalue weighted by molar-refractivity contribution is 5.81. The average Bonchev–Trinajstić information content (AvgIpc) is 2.52. The van der Waals surface area contributed by atoms with Gasteiger partial charge in [0, 0.05) is 6.42 Å². The van der Waals surface area contributed by atoms with Crippen LogP contribution in [-0.2, 0) is 19.1 Å². The van der Waals surface area contributed by atoms with Gasteiger partial charge in [-0.1, -0.05) is 0 Å². The number of carbonyl (C=O) groups is 2. The quantitative estimate of drug-likeness (QED) is 0.652. The normalized spacial score (nSPS) is 25.4. The van der Waals surface area contributed by atoms with Gasteiger partial charge in [-0.2, -0.15) is 0 Å². The van der Waals surface area contributed by atoms with E-state index in [2.05, 4.69) is 4.74 Å². The Morgan fingerprint density at radius 1 is 1.79 bits per heavy atom. The number of cyclic esters (lactones) is 1. The molecule has 5 nitrogen and oxygen atoms in total. The van der Waals surface area contributed by atoms with Crippen molar-refractivity contribution in [3.8, 4) is 0 Å². The van der Waals surface area contributed by atoms with Crippen LogP contribution in [0.4, 0.5) is 0 Å². The minimum absolute atomic E-state index is 0.190. The maximum absolute atomic E-state index is 11.3. The van der Waals surface area contributed by atoms with Crippen molar-refractivity contribution in [2.75, 3.05) is 6.61 Å². The number of esters is 2. The molecule has 0 radical (unpaired) electrons. The first kappa shape index (κ1) is 11.0. The number of hydrogen-bond acceptors (Lipinski definition) is 5. The molecule has 0 bridgehead atoms. The topological polar surface area (TPSA) is 72.8 Å². The lowest BCUT2D eigenvalue weighted by Crippen LogP contribution is -2.47. The SMILES string of the molecule is CCOC(=O)C(C)(O)C1CCC(=O)O1. The van der Waals surface area contributed by atoms with E-state index >= 15 is 0 Å². The predicted octanol–water partition coefficient (Wildman–Crippen LogP) is 0.00610. The van der Waals surface area contributed by atoms with Gasteiger partial charge in [0.2, 0.25) is 0 Å². The van der Waals surface area contributed by atoms with Crippen LogP contribution in [0.5, 0.6) is 0 Å². The van der Waals surface area contributed by atoms with Crippen molar-refractivity contribution >= 4 is 11.9 Å². The van der Waals surface area contributed by atoms with Gasteiger partial charge in [-0.25, -0.2) is 4.79 Å². The van der Waals surface area contributed by atoms with Crippen molar-refractivity contribution < 1.29 is 24.2 Å². The molecule has 0 spiro atoms. The van der Waals surface area contributed by atoms with Crippen LogP contribution in [0.25, 0.3) is 0 Å². The maximum atomic E-state index is 11.3. The summed E-state index contributed by atoms with van der Waals surface area (Å²) in [4.78, 5) is 22.1. The summed E-state index contributed by atoms with van der Waals surface area (Å²) in [5.74, 6) is -1.14. The zero-order valence-corrected chi connectivity index (χ0v) is 8.28. The lowest BCUT2D eigenvalue weighted by molar-refractivity contribution is -0.178. The van der Waals surface area contributed by atoms with Gasteiger partial charge in [-0.15, -0.1) is 0 Å². The van der Waals surface area contributed by atoms with Gasteiger partial charge in [0.1, 0.15) is 6.10 Å². The highest BCUT2D eigenvalue weighted by Crippen LogP contribution is 2.25. The number of carbonyl (C=O) groups excluding carboxylic acids is 2. The van der Waals surface area contributed by atoms with E-state index in [1.54, 1.807) is 6.92 Å². The molecule has 0 aromatic rings. The predicted molar refractivity (Wildman–Crippen MR) is 46.4 cm³/mol. The highest BCUT2D eigenvalue weighted by Gasteiger charge is 2.46. The summed E-state index contributed by atoms with van der Waals surface area (Å²) >= 11 is 0. The van der Waals surface area contributed by atoms with Crippen LogP contribution in [0.3, 0.4) is 0 Å². The molecule has 0 amide bonds. The molecule has 1 heterocycles. The molecule has 80 valence electrons. The molecule has 0 aromatic carbocycles. The molecule has 0 saturated carbocycles. The van der Waals surface area contributed by atoms with Crippen LogP contribution in [0.15, 0.2) is 0 Å². The van der Waals surface area contributed by atoms with Gasteiger partial charge in [-0.05, 0) is 20.3 Å². The standard InChI is InChI=1S/C9H14O5/c1-3-13-8(11)9(2,12)6-4-5-7(10)14-6/h6,12H,3-5H2,1-2H3. The molecule has 2 atom stereocenters. The Bertz CT molecular complexity index is 246. The first-order chi connectivity index (χ1) is 6.48. The molecular formula is C9H14O5. The van der Waals surface area contributed by atoms with E-state index in [0.29, 0.717) is 6.42 Å². The third-order valence-electron chi connectivity index (χ3n) is 2.20. The molecular weight excluding hydrogens is 188 g/mol. The van der Waals surface area contributed by atoms with Crippen LogP contribution < -0.4 is 0 Å². The zero-order chi connectivity index (χ0) is 10.8. The molecule has 1 saturated heterocycles. The van der Waals surface area contributed by atoms with Crippen molar-refractivity contribution in [2.45, 2.75) is 38.4 Å². The van der Waals surface area contributed by atoms with Crippen molar-refractivity contribution in [3.05, 3.63) is 0 Å². The Hall–Kier alpha value is -1.10. The van der Waals surface area contributed by atoms with E-state index in [9.17, 15) is 14.7 Å². The molecule has 1 fully saturated rings. The maximum Gasteiger partial charge on any atom is 0.341 e. The fourth-order valence-corrected chi connectivity index (χ4v) is 1.33. The van der Waals surface area contributed by atoms with Crippen LogP contribution in [0, 0.1) is 0 Å². The summed E-state index contributed by atoms with van der Waals surface area (Å²) in [6.45, 7) is 3.14. The smallest absolute Gasteiger partial charge is 0.341 e. The second-order valence-electron chi connectivity index (χ2n) is 3.39. The monoisotopic (exact) mass is 202 g/mol. The van der Waals surface area contributed by atoms with Crippen LogP contribution in [-0.4, -0.2) is 35.4 Å². The molecule has 1 rings (SSSR count). The van der Waals surface area contributed by atoms with E-state index < -0.39 is 17.7 Å². The summed E-state index contributed by atoms with van der Waals surface area (Å²) in [6.07, 6.45) is -0.195. The third kappa shape index (κ3) is 2.04. The van der Waals surface area contributed by atoms with E-state index in [1.807, 2.05) is 0 Å². The molecule has 1 N–H and O–H groups in total. The van der Waals surface area contributed by atoms with Crippen molar-refractivity contribution in [3.63, 3.8) is 0 Å². The number of ether oxygens (including phenoxy) is 2. The Balaban J connectivity index is 2.64. The van der Waals surface area contributed by atoms with E-state index in [-0.39, 0.29) is 19.0 Å². The van der Waals surface area contributed by atoms with Crippen molar-refractivity contribution in [2.24, 2.45) is 0 Å². The molecule has 14 heavy (non-hydrogen) atoms. The summed E-state index contributed by atoms with van der Waals surface area (Å²) in [7, 11) is 0. The van der Waals surface area contributed by atoms with Gasteiger partial charge in [0.05, 0.1) is 6.61 Å². The second-order valence-corrected chi connectivity index (χ2v) is 3.39. The van der Waals surface area contributed by atoms with Gasteiger partial charge < -0.3 is 14.6 Å². The third-order valence-corrected chi connectivity index (χ3v) is 2.20. The van der Waals surface area contributed by atoms with E-state index in [0.717, 1.165) is 0 Å². The minimum Gasteiger partial charge on any atom is -0.464 e. The van der Waals surface area contributed by atoms with Crippen LogP contribution in [0.2, 0.25) is 0 Å². The van der Waals surface area contributed by atoms with Gasteiger partial charge >= 0.3 is 11.9 Å². The fraction of sp³-hybridized carbons (Fsp3) is 0.778. The number of rotatable bonds is 3. The largest absolute Gasteiger partial charge is 0.464 e. The lowest BCUT2D eigenvalue weighted by atomic mass is 9.97. The molecule has 1 aliphatic heterocycles. The van der Waals surface area contributed by atoms with Crippen molar-refractivity contribution in [1.29, 1.82) is 0 Å². The summed E-state index contributed by atoms with van der Waals surface area (Å²) in [6, 6.07) is 0. The Kier molecular flexibility index (Phi) is 3.10. The average molecular weight is 202 g/mol. The number of aliphatic hydroxyl groups is 1. The minimum atomic E-state index is -1.73. The Morgan fingerprint density at radius 2 is 2.43 bits per heavy atom. The summed E-state index contributed by atoms with van der Waals surface area (Å²) in [5, 5.41) is 9.78. The van der Waals surface area contributed by atoms with Crippen LogP contribution in [0.1, 0.15) is 26.7 Å². The first-order valence-electron chi connectivity index (χ1n) is 4.57. The summed E-state index contributed by atoms with van der Waals surface area (Å²) in [5.41, 5.74) is -1.73. The van der Waals surface area contributed by atoms with Crippen LogP contribution >= 0.6 is 0 Å².